The van der Waals surface area contributed by atoms with Crippen LogP contribution in [0.15, 0.2) is 52.3 Å². The van der Waals surface area contributed by atoms with Crippen molar-refractivity contribution in [2.24, 2.45) is 5.14 Å². The van der Waals surface area contributed by atoms with Gasteiger partial charge in [-0.25, -0.2) is 31.3 Å². The molecule has 9 nitrogen and oxygen atoms in total. The molecule has 1 atom stereocenters. The fourth-order valence-corrected chi connectivity index (χ4v) is 4.99. The Balaban J connectivity index is 1.90. The van der Waals surface area contributed by atoms with Gasteiger partial charge >= 0.3 is 0 Å². The average Bonchev–Trinajstić information content (AvgIpc) is 3.08. The molecule has 0 radical (unpaired) electrons. The number of nitrogens with zero attached hydrogens (tertiary/aromatic N) is 4. The number of benzene rings is 2. The topological polar surface area (TPSA) is 119 Å². The second-order valence-corrected chi connectivity index (χ2v) is 11.6. The molecule has 2 aromatic carbocycles. The van der Waals surface area contributed by atoms with Crippen LogP contribution in [0.1, 0.15) is 31.3 Å². The van der Waals surface area contributed by atoms with Gasteiger partial charge < -0.3 is 4.57 Å². The van der Waals surface area contributed by atoms with Gasteiger partial charge in [-0.2, -0.15) is 0 Å². The van der Waals surface area contributed by atoms with E-state index in [2.05, 4.69) is 9.47 Å². The zero-order valence-electron chi connectivity index (χ0n) is 18.8. The summed E-state index contributed by atoms with van der Waals surface area (Å²) in [5.74, 6) is 0.817. The van der Waals surface area contributed by atoms with Crippen LogP contribution >= 0.6 is 0 Å². The lowest BCUT2D eigenvalue weighted by Gasteiger charge is -2.25. The molecule has 32 heavy (non-hydrogen) atoms. The number of rotatable bonds is 8. The van der Waals surface area contributed by atoms with Crippen molar-refractivity contribution >= 4 is 31.1 Å². The van der Waals surface area contributed by atoms with Gasteiger partial charge in [0.05, 0.1) is 27.4 Å². The Kier molecular flexibility index (Phi) is 6.78. The minimum Gasteiger partial charge on any atom is -0.327 e. The first-order chi connectivity index (χ1) is 14.9. The lowest BCUT2D eigenvalue weighted by Crippen LogP contribution is -2.24. The molecule has 174 valence electrons. The van der Waals surface area contributed by atoms with Gasteiger partial charge in [0.1, 0.15) is 5.82 Å². The molecule has 0 fully saturated rings. The minimum absolute atomic E-state index is 0.0145. The van der Waals surface area contributed by atoms with Crippen LogP contribution in [0.4, 0.5) is 0 Å². The molecule has 2 N–H and O–H groups in total. The molecule has 1 unspecified atom stereocenters. The first kappa shape index (κ1) is 24.3. The van der Waals surface area contributed by atoms with E-state index in [0.717, 1.165) is 16.9 Å². The molecule has 0 aliphatic heterocycles. The van der Waals surface area contributed by atoms with Gasteiger partial charge in [0.2, 0.25) is 20.0 Å². The number of primary sulfonamides is 1. The van der Waals surface area contributed by atoms with Crippen LogP contribution in [0.5, 0.6) is 0 Å². The van der Waals surface area contributed by atoms with E-state index in [4.69, 9.17) is 10.1 Å². The van der Waals surface area contributed by atoms with Crippen molar-refractivity contribution in [2.45, 2.75) is 42.8 Å². The summed E-state index contributed by atoms with van der Waals surface area (Å²) in [5.41, 5.74) is 2.44. The first-order valence-electron chi connectivity index (χ1n) is 10.1. The Morgan fingerprint density at radius 1 is 1.00 bits per heavy atom. The standard InChI is InChI=1S/C21H29N5O4S2/c1-6-26-20-12-11-18(32(29,30)24(3)4)13-19(20)23-21(26)14-25(5)15(2)16-7-9-17(10-8-16)31(22,27)28/h7-13,15H,6,14H2,1-5H3,(H2,22,27,28). The molecule has 1 aromatic heterocycles. The molecule has 3 aromatic rings. The van der Waals surface area contributed by atoms with E-state index in [1.54, 1.807) is 30.3 Å². The van der Waals surface area contributed by atoms with Crippen molar-refractivity contribution in [3.63, 3.8) is 0 Å². The lowest BCUT2D eigenvalue weighted by molar-refractivity contribution is 0.244. The molecule has 0 aliphatic rings. The third kappa shape index (κ3) is 4.71. The molecule has 0 amide bonds. The normalized spacial score (nSPS) is 13.9. The number of nitrogens with two attached hydrogens (primary N) is 1. The summed E-state index contributed by atoms with van der Waals surface area (Å²) >= 11 is 0. The predicted octanol–water partition coefficient (Wildman–Crippen LogP) is 2.15. The number of hydrogen-bond donors (Lipinski definition) is 1. The number of hydrogen-bond acceptors (Lipinski definition) is 6. The van der Waals surface area contributed by atoms with Crippen molar-refractivity contribution in [2.75, 3.05) is 21.1 Å². The fraction of sp³-hybridized carbons (Fsp3) is 0.381. The van der Waals surface area contributed by atoms with E-state index < -0.39 is 20.0 Å². The number of fused-ring (bicyclic) bond motifs is 1. The highest BCUT2D eigenvalue weighted by Gasteiger charge is 2.21. The van der Waals surface area contributed by atoms with Gasteiger partial charge in [0, 0.05) is 26.7 Å². The molecular weight excluding hydrogens is 450 g/mol. The van der Waals surface area contributed by atoms with Crippen LogP contribution in [0.25, 0.3) is 11.0 Å². The van der Waals surface area contributed by atoms with Gasteiger partial charge in [-0.3, -0.25) is 4.90 Å². The summed E-state index contributed by atoms with van der Waals surface area (Å²) in [6, 6.07) is 11.5. The van der Waals surface area contributed by atoms with Gasteiger partial charge in [-0.1, -0.05) is 12.1 Å². The molecule has 0 saturated carbocycles. The van der Waals surface area contributed by atoms with Crippen LogP contribution in [0.3, 0.4) is 0 Å². The molecule has 0 spiro atoms. The van der Waals surface area contributed by atoms with Crippen LogP contribution in [0, 0.1) is 0 Å². The van der Waals surface area contributed by atoms with Crippen molar-refractivity contribution in [3.05, 3.63) is 53.9 Å². The summed E-state index contributed by atoms with van der Waals surface area (Å²) in [6.07, 6.45) is 0. The van der Waals surface area contributed by atoms with E-state index >= 15 is 0 Å². The predicted molar refractivity (Wildman–Crippen MR) is 124 cm³/mol. The number of sulfonamides is 2. The van der Waals surface area contributed by atoms with Crippen LogP contribution in [-0.2, 0) is 33.1 Å². The molecule has 3 rings (SSSR count). The van der Waals surface area contributed by atoms with Gasteiger partial charge in [-0.15, -0.1) is 0 Å². The third-order valence-electron chi connectivity index (χ3n) is 5.64. The van der Waals surface area contributed by atoms with Gasteiger partial charge in [-0.05, 0) is 56.8 Å². The zero-order valence-corrected chi connectivity index (χ0v) is 20.5. The van der Waals surface area contributed by atoms with E-state index in [1.165, 1.54) is 30.5 Å². The summed E-state index contributed by atoms with van der Waals surface area (Å²) in [5, 5.41) is 5.18. The summed E-state index contributed by atoms with van der Waals surface area (Å²) in [7, 11) is -2.31. The Bertz CT molecular complexity index is 1330. The fourth-order valence-electron chi connectivity index (χ4n) is 3.55. The third-order valence-corrected chi connectivity index (χ3v) is 8.38. The maximum absolute atomic E-state index is 12.5. The van der Waals surface area contributed by atoms with E-state index in [0.29, 0.717) is 18.6 Å². The summed E-state index contributed by atoms with van der Waals surface area (Å²) < 4.78 is 51.2. The second kappa shape index (κ2) is 8.91. The molecule has 1 heterocycles. The van der Waals surface area contributed by atoms with E-state index in [-0.39, 0.29) is 15.8 Å². The maximum Gasteiger partial charge on any atom is 0.242 e. The van der Waals surface area contributed by atoms with E-state index in [1.807, 2.05) is 20.9 Å². The zero-order chi connectivity index (χ0) is 23.8. The van der Waals surface area contributed by atoms with Crippen LogP contribution in [0.2, 0.25) is 0 Å². The highest BCUT2D eigenvalue weighted by atomic mass is 32.2. The number of aryl methyl sites for hydroxylation is 1. The van der Waals surface area contributed by atoms with Gasteiger partial charge in [0.25, 0.3) is 0 Å². The second-order valence-electron chi connectivity index (χ2n) is 7.92. The quantitative estimate of drug-likeness (QED) is 0.529. The van der Waals surface area contributed by atoms with Crippen LogP contribution in [-0.4, -0.2) is 56.7 Å². The summed E-state index contributed by atoms with van der Waals surface area (Å²) in [6.45, 7) is 5.25. The van der Waals surface area contributed by atoms with Crippen LogP contribution < -0.4 is 5.14 Å². The Morgan fingerprint density at radius 2 is 1.59 bits per heavy atom. The van der Waals surface area contributed by atoms with E-state index in [9.17, 15) is 16.8 Å². The highest BCUT2D eigenvalue weighted by molar-refractivity contribution is 7.89. The first-order valence-corrected chi connectivity index (χ1v) is 13.1. The smallest absolute Gasteiger partial charge is 0.242 e. The molecular formula is C21H29N5O4S2. The SMILES string of the molecule is CCn1c(CN(C)C(C)c2ccc(S(N)(=O)=O)cc2)nc2cc(S(=O)(=O)N(C)C)ccc21. The summed E-state index contributed by atoms with van der Waals surface area (Å²) in [4.78, 5) is 7.10. The minimum atomic E-state index is -3.73. The monoisotopic (exact) mass is 479 g/mol. The molecule has 0 aliphatic carbocycles. The molecule has 0 bridgehead atoms. The maximum atomic E-state index is 12.5. The molecule has 0 saturated heterocycles. The average molecular weight is 480 g/mol. The Hall–Kier alpha value is -2.31. The molecule has 11 heteroatoms. The van der Waals surface area contributed by atoms with Crippen molar-refractivity contribution < 1.29 is 16.8 Å². The van der Waals surface area contributed by atoms with Crippen molar-refractivity contribution in [1.29, 1.82) is 0 Å². The largest absolute Gasteiger partial charge is 0.327 e. The number of aromatic nitrogens is 2. The van der Waals surface area contributed by atoms with Crippen molar-refractivity contribution in [3.8, 4) is 0 Å². The lowest BCUT2D eigenvalue weighted by atomic mass is 10.1. The highest BCUT2D eigenvalue weighted by Crippen LogP contribution is 2.25. The Labute approximate surface area is 189 Å². The van der Waals surface area contributed by atoms with Crippen molar-refractivity contribution in [1.82, 2.24) is 18.8 Å². The number of imidazole rings is 1. The Morgan fingerprint density at radius 3 is 2.12 bits per heavy atom. The van der Waals surface area contributed by atoms with Gasteiger partial charge in [0.15, 0.2) is 0 Å².